The molecule has 0 spiro atoms. The SMILES string of the molecule is NCC#Cc1ccc(NC(=O)c2ccc(F)cn2)cc1F. The minimum atomic E-state index is -0.569. The topological polar surface area (TPSA) is 68.0 Å². The van der Waals surface area contributed by atoms with E-state index in [4.69, 9.17) is 5.73 Å². The highest BCUT2D eigenvalue weighted by Crippen LogP contribution is 2.14. The van der Waals surface area contributed by atoms with Gasteiger partial charge in [0, 0.05) is 5.69 Å². The van der Waals surface area contributed by atoms with Crippen LogP contribution in [0, 0.1) is 23.5 Å². The van der Waals surface area contributed by atoms with Crippen molar-refractivity contribution in [2.24, 2.45) is 5.73 Å². The fraction of sp³-hybridized carbons (Fsp3) is 0.0667. The largest absolute Gasteiger partial charge is 0.321 e. The van der Waals surface area contributed by atoms with Gasteiger partial charge in [0.1, 0.15) is 17.3 Å². The van der Waals surface area contributed by atoms with E-state index in [2.05, 4.69) is 22.1 Å². The fourth-order valence-corrected chi connectivity index (χ4v) is 1.55. The lowest BCUT2D eigenvalue weighted by molar-refractivity contribution is 0.102. The molecule has 0 atom stereocenters. The highest BCUT2D eigenvalue weighted by atomic mass is 19.1. The van der Waals surface area contributed by atoms with Gasteiger partial charge in [0.25, 0.3) is 5.91 Å². The first-order chi connectivity index (χ1) is 10.1. The molecule has 0 saturated carbocycles. The molecule has 1 aromatic carbocycles. The number of anilines is 1. The Morgan fingerprint density at radius 3 is 2.71 bits per heavy atom. The van der Waals surface area contributed by atoms with Crippen LogP contribution in [0.5, 0.6) is 0 Å². The number of pyridine rings is 1. The number of amides is 1. The molecule has 0 aliphatic rings. The van der Waals surface area contributed by atoms with E-state index in [0.29, 0.717) is 0 Å². The Kier molecular flexibility index (Phi) is 4.59. The van der Waals surface area contributed by atoms with Crippen molar-refractivity contribution in [2.75, 3.05) is 11.9 Å². The summed E-state index contributed by atoms with van der Waals surface area (Å²) in [5.74, 6) is 3.45. The lowest BCUT2D eigenvalue weighted by atomic mass is 10.2. The molecule has 0 radical (unpaired) electrons. The fourth-order valence-electron chi connectivity index (χ4n) is 1.55. The maximum Gasteiger partial charge on any atom is 0.274 e. The predicted molar refractivity (Wildman–Crippen MR) is 74.5 cm³/mol. The molecule has 0 saturated heterocycles. The third kappa shape index (κ3) is 3.84. The van der Waals surface area contributed by atoms with Gasteiger partial charge in [-0.15, -0.1) is 0 Å². The zero-order valence-corrected chi connectivity index (χ0v) is 10.9. The molecule has 2 rings (SSSR count). The summed E-state index contributed by atoms with van der Waals surface area (Å²) in [5.41, 5.74) is 5.69. The second-order valence-corrected chi connectivity index (χ2v) is 4.02. The van der Waals surface area contributed by atoms with Crippen molar-refractivity contribution >= 4 is 11.6 Å². The van der Waals surface area contributed by atoms with Crippen LogP contribution in [0.3, 0.4) is 0 Å². The summed E-state index contributed by atoms with van der Waals surface area (Å²) < 4.78 is 26.4. The standard InChI is InChI=1S/C15H11F2N3O/c16-11-4-6-14(19-9-11)15(21)20-12-5-3-10(2-1-7-18)13(17)8-12/h3-6,8-9H,7,18H2,(H,20,21). The summed E-state index contributed by atoms with van der Waals surface area (Å²) in [7, 11) is 0. The van der Waals surface area contributed by atoms with Gasteiger partial charge in [-0.25, -0.2) is 13.8 Å². The number of hydrogen-bond acceptors (Lipinski definition) is 3. The number of nitrogens with two attached hydrogens (primary N) is 1. The van der Waals surface area contributed by atoms with Crippen LogP contribution in [-0.2, 0) is 0 Å². The second-order valence-electron chi connectivity index (χ2n) is 4.02. The van der Waals surface area contributed by atoms with Crippen molar-refractivity contribution in [1.82, 2.24) is 4.98 Å². The number of carbonyl (C=O) groups is 1. The summed E-state index contributed by atoms with van der Waals surface area (Å²) in [6.45, 7) is 0.133. The zero-order chi connectivity index (χ0) is 15.2. The summed E-state index contributed by atoms with van der Waals surface area (Å²) in [5, 5.41) is 2.47. The van der Waals surface area contributed by atoms with Gasteiger partial charge in [-0.05, 0) is 30.3 Å². The minimum Gasteiger partial charge on any atom is -0.321 e. The van der Waals surface area contributed by atoms with Crippen LogP contribution in [0.15, 0.2) is 36.5 Å². The molecular formula is C15H11F2N3O. The highest BCUT2D eigenvalue weighted by molar-refractivity contribution is 6.02. The lowest BCUT2D eigenvalue weighted by Crippen LogP contribution is -2.13. The lowest BCUT2D eigenvalue weighted by Gasteiger charge is -2.05. The quantitative estimate of drug-likeness (QED) is 0.829. The van der Waals surface area contributed by atoms with Crippen LogP contribution >= 0.6 is 0 Å². The van der Waals surface area contributed by atoms with E-state index in [0.717, 1.165) is 18.3 Å². The predicted octanol–water partition coefficient (Wildman–Crippen LogP) is 1.92. The van der Waals surface area contributed by atoms with Gasteiger partial charge in [-0.1, -0.05) is 11.8 Å². The Labute approximate surface area is 120 Å². The monoisotopic (exact) mass is 287 g/mol. The number of rotatable bonds is 2. The number of aromatic nitrogens is 1. The van der Waals surface area contributed by atoms with Gasteiger partial charge >= 0.3 is 0 Å². The van der Waals surface area contributed by atoms with Crippen LogP contribution in [0.4, 0.5) is 14.5 Å². The summed E-state index contributed by atoms with van der Waals surface area (Å²) >= 11 is 0. The van der Waals surface area contributed by atoms with Gasteiger partial charge in [-0.3, -0.25) is 4.79 Å². The van der Waals surface area contributed by atoms with Gasteiger partial charge < -0.3 is 11.1 Å². The van der Waals surface area contributed by atoms with Crippen LogP contribution in [0.25, 0.3) is 0 Å². The maximum atomic E-state index is 13.7. The number of nitrogens with zero attached hydrogens (tertiary/aromatic N) is 1. The number of halogens is 2. The second kappa shape index (κ2) is 6.59. The first-order valence-electron chi connectivity index (χ1n) is 6.01. The van der Waals surface area contributed by atoms with Crippen molar-refractivity contribution in [2.45, 2.75) is 0 Å². The molecule has 0 unspecified atom stereocenters. The van der Waals surface area contributed by atoms with E-state index in [9.17, 15) is 13.6 Å². The number of nitrogens with one attached hydrogen (secondary N) is 1. The van der Waals surface area contributed by atoms with Crippen LogP contribution in [0.2, 0.25) is 0 Å². The van der Waals surface area contributed by atoms with E-state index < -0.39 is 17.5 Å². The van der Waals surface area contributed by atoms with E-state index in [1.54, 1.807) is 0 Å². The molecule has 0 aliphatic carbocycles. The number of hydrogen-bond donors (Lipinski definition) is 2. The average Bonchev–Trinajstić information content (AvgIpc) is 2.47. The first kappa shape index (κ1) is 14.6. The molecule has 0 fully saturated rings. The number of benzene rings is 1. The van der Waals surface area contributed by atoms with Crippen LogP contribution in [-0.4, -0.2) is 17.4 Å². The van der Waals surface area contributed by atoms with Gasteiger partial charge in [-0.2, -0.15) is 0 Å². The van der Waals surface area contributed by atoms with E-state index in [1.807, 2.05) is 0 Å². The Morgan fingerprint density at radius 2 is 2.10 bits per heavy atom. The van der Waals surface area contributed by atoms with E-state index in [-0.39, 0.29) is 23.5 Å². The third-order valence-corrected chi connectivity index (χ3v) is 2.51. The maximum absolute atomic E-state index is 13.7. The molecule has 3 N–H and O–H groups in total. The molecule has 0 aliphatic heterocycles. The molecular weight excluding hydrogens is 276 g/mol. The molecule has 1 heterocycles. The molecule has 106 valence electrons. The highest BCUT2D eigenvalue weighted by Gasteiger charge is 2.09. The Balaban J connectivity index is 2.14. The van der Waals surface area contributed by atoms with Gasteiger partial charge in [0.15, 0.2) is 0 Å². The van der Waals surface area contributed by atoms with Crippen LogP contribution in [0.1, 0.15) is 16.1 Å². The molecule has 2 aromatic rings. The number of carbonyl (C=O) groups excluding carboxylic acids is 1. The van der Waals surface area contributed by atoms with Gasteiger partial charge in [0.05, 0.1) is 18.3 Å². The van der Waals surface area contributed by atoms with Crippen molar-refractivity contribution in [3.63, 3.8) is 0 Å². The van der Waals surface area contributed by atoms with E-state index >= 15 is 0 Å². The Hall–Kier alpha value is -2.78. The van der Waals surface area contributed by atoms with Gasteiger partial charge in [0.2, 0.25) is 0 Å². The van der Waals surface area contributed by atoms with Crippen molar-refractivity contribution in [3.8, 4) is 11.8 Å². The summed E-state index contributed by atoms with van der Waals surface area (Å²) in [6.07, 6.45) is 0.932. The smallest absolute Gasteiger partial charge is 0.274 e. The molecule has 1 amide bonds. The Bertz CT molecular complexity index is 718. The normalized spacial score (nSPS) is 9.67. The Morgan fingerprint density at radius 1 is 1.29 bits per heavy atom. The molecule has 1 aromatic heterocycles. The summed E-state index contributed by atoms with van der Waals surface area (Å²) in [6, 6.07) is 6.44. The van der Waals surface area contributed by atoms with Crippen molar-refractivity contribution in [3.05, 3.63) is 59.4 Å². The first-order valence-corrected chi connectivity index (χ1v) is 6.01. The third-order valence-electron chi connectivity index (χ3n) is 2.51. The molecule has 0 bridgehead atoms. The molecule has 21 heavy (non-hydrogen) atoms. The molecule has 4 nitrogen and oxygen atoms in total. The summed E-state index contributed by atoms with van der Waals surface area (Å²) in [4.78, 5) is 15.5. The zero-order valence-electron chi connectivity index (χ0n) is 10.9. The minimum absolute atomic E-state index is 0.0313. The van der Waals surface area contributed by atoms with Crippen molar-refractivity contribution < 1.29 is 13.6 Å². The molecule has 6 heteroatoms. The van der Waals surface area contributed by atoms with Crippen molar-refractivity contribution in [1.29, 1.82) is 0 Å². The van der Waals surface area contributed by atoms with Crippen LogP contribution < -0.4 is 11.1 Å². The van der Waals surface area contributed by atoms with E-state index in [1.165, 1.54) is 18.2 Å². The average molecular weight is 287 g/mol.